The van der Waals surface area contributed by atoms with Crippen molar-refractivity contribution in [2.75, 3.05) is 31.1 Å². The molecule has 1 aromatic carbocycles. The van der Waals surface area contributed by atoms with Crippen molar-refractivity contribution in [3.8, 4) is 0 Å². The number of nitrogens with two attached hydrogens (primary N) is 1. The Hall–Kier alpha value is -1.40. The minimum atomic E-state index is -3.00. The highest BCUT2D eigenvalue weighted by Crippen LogP contribution is 2.12. The number of hydrogen-bond acceptors (Lipinski definition) is 4. The average Bonchev–Trinajstić information content (AvgIpc) is 2.60. The normalized spacial score (nSPS) is 18.6. The molecule has 0 aromatic heterocycles. The maximum absolute atomic E-state index is 12.4. The van der Waals surface area contributed by atoms with Gasteiger partial charge in [0.15, 0.2) is 9.84 Å². The largest absolute Gasteiger partial charge is 0.338 e. The molecule has 0 unspecified atom stereocenters. The first-order valence-corrected chi connectivity index (χ1v) is 8.63. The molecule has 0 saturated carbocycles. The zero-order valence-electron chi connectivity index (χ0n) is 11.4. The van der Waals surface area contributed by atoms with Gasteiger partial charge in [0.25, 0.3) is 5.91 Å². The molecule has 2 N–H and O–H groups in total. The number of hydrogen-bond donors (Lipinski definition) is 1. The molecular formula is C14H20N2O3S. The van der Waals surface area contributed by atoms with Crippen LogP contribution in [-0.2, 0) is 16.3 Å². The van der Waals surface area contributed by atoms with Crippen LogP contribution in [0.1, 0.15) is 22.3 Å². The first-order chi connectivity index (χ1) is 9.52. The van der Waals surface area contributed by atoms with Gasteiger partial charge < -0.3 is 10.6 Å². The standard InChI is InChI=1S/C14H20N2O3S/c15-6-5-12-3-1-4-13(11-12)14(17)16-7-2-9-20(18,19)10-8-16/h1,3-4,11H,2,5-10,15H2. The minimum Gasteiger partial charge on any atom is -0.338 e. The topological polar surface area (TPSA) is 80.5 Å². The van der Waals surface area contributed by atoms with Gasteiger partial charge in [-0.3, -0.25) is 4.79 Å². The molecule has 1 aliphatic rings. The van der Waals surface area contributed by atoms with E-state index in [0.29, 0.717) is 25.1 Å². The maximum Gasteiger partial charge on any atom is 0.253 e. The van der Waals surface area contributed by atoms with Crippen molar-refractivity contribution in [2.45, 2.75) is 12.8 Å². The Morgan fingerprint density at radius 3 is 2.80 bits per heavy atom. The molecular weight excluding hydrogens is 276 g/mol. The van der Waals surface area contributed by atoms with Crippen LogP contribution in [0.2, 0.25) is 0 Å². The van der Waals surface area contributed by atoms with E-state index in [4.69, 9.17) is 5.73 Å². The second-order valence-corrected chi connectivity index (χ2v) is 7.34. The highest BCUT2D eigenvalue weighted by atomic mass is 32.2. The van der Waals surface area contributed by atoms with Crippen LogP contribution in [0, 0.1) is 0 Å². The summed E-state index contributed by atoms with van der Waals surface area (Å²) in [5.41, 5.74) is 7.15. The van der Waals surface area contributed by atoms with Gasteiger partial charge in [0.1, 0.15) is 0 Å². The molecule has 1 amide bonds. The van der Waals surface area contributed by atoms with Crippen LogP contribution in [0.4, 0.5) is 0 Å². The van der Waals surface area contributed by atoms with Crippen molar-refractivity contribution in [2.24, 2.45) is 5.73 Å². The minimum absolute atomic E-state index is 0.0568. The fourth-order valence-electron chi connectivity index (χ4n) is 2.35. The van der Waals surface area contributed by atoms with E-state index in [-0.39, 0.29) is 24.0 Å². The second kappa shape index (κ2) is 6.37. The zero-order valence-corrected chi connectivity index (χ0v) is 12.2. The summed E-state index contributed by atoms with van der Waals surface area (Å²) in [7, 11) is -3.00. The molecule has 0 bridgehead atoms. The molecule has 1 aromatic rings. The molecule has 1 heterocycles. The van der Waals surface area contributed by atoms with Crippen molar-refractivity contribution in [3.63, 3.8) is 0 Å². The fourth-order valence-corrected chi connectivity index (χ4v) is 3.62. The predicted molar refractivity (Wildman–Crippen MR) is 78.4 cm³/mol. The van der Waals surface area contributed by atoms with Crippen molar-refractivity contribution >= 4 is 15.7 Å². The molecule has 6 heteroatoms. The van der Waals surface area contributed by atoms with E-state index in [1.807, 2.05) is 18.2 Å². The van der Waals surface area contributed by atoms with E-state index >= 15 is 0 Å². The van der Waals surface area contributed by atoms with Crippen LogP contribution in [-0.4, -0.2) is 50.4 Å². The fraction of sp³-hybridized carbons (Fsp3) is 0.500. The Morgan fingerprint density at radius 1 is 1.25 bits per heavy atom. The number of carbonyl (C=O) groups is 1. The van der Waals surface area contributed by atoms with E-state index in [0.717, 1.165) is 12.0 Å². The van der Waals surface area contributed by atoms with Crippen LogP contribution < -0.4 is 5.73 Å². The Labute approximate surface area is 119 Å². The number of amides is 1. The number of benzene rings is 1. The highest BCUT2D eigenvalue weighted by Gasteiger charge is 2.23. The third-order valence-electron chi connectivity index (χ3n) is 3.45. The summed E-state index contributed by atoms with van der Waals surface area (Å²) in [5, 5.41) is 0. The van der Waals surface area contributed by atoms with Gasteiger partial charge in [0.05, 0.1) is 11.5 Å². The van der Waals surface area contributed by atoms with Gasteiger partial charge in [-0.05, 0) is 37.1 Å². The Morgan fingerprint density at radius 2 is 2.05 bits per heavy atom. The first kappa shape index (κ1) is 15.0. The lowest BCUT2D eigenvalue weighted by Gasteiger charge is -2.20. The molecule has 110 valence electrons. The third kappa shape index (κ3) is 3.80. The van der Waals surface area contributed by atoms with Crippen LogP contribution in [0.15, 0.2) is 24.3 Å². The summed E-state index contributed by atoms with van der Waals surface area (Å²) < 4.78 is 23.1. The molecule has 5 nitrogen and oxygen atoms in total. The molecule has 1 saturated heterocycles. The second-order valence-electron chi connectivity index (χ2n) is 5.04. The van der Waals surface area contributed by atoms with Gasteiger partial charge in [-0.1, -0.05) is 12.1 Å². The van der Waals surface area contributed by atoms with E-state index in [9.17, 15) is 13.2 Å². The smallest absolute Gasteiger partial charge is 0.253 e. The van der Waals surface area contributed by atoms with E-state index in [1.54, 1.807) is 11.0 Å². The summed E-state index contributed by atoms with van der Waals surface area (Å²) in [6.07, 6.45) is 1.24. The van der Waals surface area contributed by atoms with Crippen LogP contribution in [0.5, 0.6) is 0 Å². The third-order valence-corrected chi connectivity index (χ3v) is 5.17. The summed E-state index contributed by atoms with van der Waals surface area (Å²) in [4.78, 5) is 14.1. The van der Waals surface area contributed by atoms with Gasteiger partial charge in [0, 0.05) is 18.7 Å². The van der Waals surface area contributed by atoms with Crippen LogP contribution in [0.3, 0.4) is 0 Å². The van der Waals surface area contributed by atoms with E-state index < -0.39 is 9.84 Å². The quantitative estimate of drug-likeness (QED) is 0.878. The SMILES string of the molecule is NCCc1cccc(C(=O)N2CCCS(=O)(=O)CC2)c1. The molecule has 0 radical (unpaired) electrons. The molecule has 1 fully saturated rings. The summed E-state index contributed by atoms with van der Waals surface area (Å²) in [6.45, 7) is 1.32. The molecule has 0 spiro atoms. The van der Waals surface area contributed by atoms with E-state index in [2.05, 4.69) is 0 Å². The Bertz CT molecular complexity index is 584. The molecule has 2 rings (SSSR count). The number of rotatable bonds is 3. The summed E-state index contributed by atoms with van der Waals surface area (Å²) >= 11 is 0. The van der Waals surface area contributed by atoms with Gasteiger partial charge in [-0.25, -0.2) is 8.42 Å². The lowest BCUT2D eigenvalue weighted by atomic mass is 10.1. The number of carbonyl (C=O) groups excluding carboxylic acids is 1. The molecule has 0 aliphatic carbocycles. The maximum atomic E-state index is 12.4. The Kier molecular flexibility index (Phi) is 4.77. The molecule has 0 atom stereocenters. The lowest BCUT2D eigenvalue weighted by molar-refractivity contribution is 0.0768. The van der Waals surface area contributed by atoms with Gasteiger partial charge in [-0.2, -0.15) is 0 Å². The Balaban J connectivity index is 2.12. The van der Waals surface area contributed by atoms with Gasteiger partial charge >= 0.3 is 0 Å². The zero-order chi connectivity index (χ0) is 14.6. The number of sulfone groups is 1. The van der Waals surface area contributed by atoms with Crippen molar-refractivity contribution in [3.05, 3.63) is 35.4 Å². The van der Waals surface area contributed by atoms with Crippen LogP contribution in [0.25, 0.3) is 0 Å². The van der Waals surface area contributed by atoms with Crippen LogP contribution >= 0.6 is 0 Å². The van der Waals surface area contributed by atoms with Crippen molar-refractivity contribution in [1.29, 1.82) is 0 Å². The van der Waals surface area contributed by atoms with Gasteiger partial charge in [-0.15, -0.1) is 0 Å². The summed E-state index contributed by atoms with van der Waals surface area (Å²) in [6, 6.07) is 7.39. The highest BCUT2D eigenvalue weighted by molar-refractivity contribution is 7.91. The van der Waals surface area contributed by atoms with Crippen molar-refractivity contribution < 1.29 is 13.2 Å². The predicted octanol–water partition coefficient (Wildman–Crippen LogP) is 0.449. The van der Waals surface area contributed by atoms with Crippen molar-refractivity contribution in [1.82, 2.24) is 4.90 Å². The van der Waals surface area contributed by atoms with Gasteiger partial charge in [0.2, 0.25) is 0 Å². The van der Waals surface area contributed by atoms with E-state index in [1.165, 1.54) is 0 Å². The first-order valence-electron chi connectivity index (χ1n) is 6.80. The molecule has 20 heavy (non-hydrogen) atoms. The number of nitrogens with zero attached hydrogens (tertiary/aromatic N) is 1. The monoisotopic (exact) mass is 296 g/mol. The lowest BCUT2D eigenvalue weighted by Crippen LogP contribution is -2.33. The average molecular weight is 296 g/mol. The molecule has 1 aliphatic heterocycles. The summed E-state index contributed by atoms with van der Waals surface area (Å²) in [5.74, 6) is 0.131.